The van der Waals surface area contributed by atoms with Crippen molar-refractivity contribution in [3.8, 4) is 0 Å². The maximum absolute atomic E-state index is 4.42. The molecular weight excluding hydrogens is 184 g/mol. The Labute approximate surface area is 93.1 Å². The van der Waals surface area contributed by atoms with E-state index in [1.807, 2.05) is 12.3 Å². The van der Waals surface area contributed by atoms with Crippen molar-refractivity contribution in [1.29, 1.82) is 0 Å². The average Bonchev–Trinajstić information content (AvgIpc) is 2.18. The molecule has 0 aromatic carbocycles. The van der Waals surface area contributed by atoms with Crippen LogP contribution in [0.15, 0.2) is 24.4 Å². The van der Waals surface area contributed by atoms with Crippen LogP contribution in [0.25, 0.3) is 0 Å². The van der Waals surface area contributed by atoms with E-state index in [-0.39, 0.29) is 0 Å². The van der Waals surface area contributed by atoms with Crippen LogP contribution in [-0.4, -0.2) is 11.5 Å². The predicted molar refractivity (Wildman–Crippen MR) is 64.7 cm³/mol. The Morgan fingerprint density at radius 2 is 1.93 bits per heavy atom. The number of hydrogen-bond donors (Lipinski definition) is 1. The Bertz CT molecular complexity index is 267. The molecule has 0 saturated heterocycles. The molecule has 1 unspecified atom stereocenters. The summed E-state index contributed by atoms with van der Waals surface area (Å²) >= 11 is 0. The smallest absolute Gasteiger partial charge is 0.0575 e. The normalized spacial score (nSPS) is 13.5. The zero-order valence-electron chi connectivity index (χ0n) is 10.2. The fraction of sp³-hybridized carbons (Fsp3) is 0.615. The van der Waals surface area contributed by atoms with Crippen LogP contribution in [0.5, 0.6) is 0 Å². The molecule has 1 N–H and O–H groups in total. The lowest BCUT2D eigenvalue weighted by atomic mass is 9.99. The van der Waals surface area contributed by atoms with E-state index in [1.54, 1.807) is 0 Å². The molecular formula is C13H22N2. The second kappa shape index (κ2) is 5.86. The topological polar surface area (TPSA) is 24.9 Å². The fourth-order valence-corrected chi connectivity index (χ4v) is 1.60. The second-order valence-corrected chi connectivity index (χ2v) is 4.78. The van der Waals surface area contributed by atoms with Crippen LogP contribution < -0.4 is 5.32 Å². The zero-order valence-corrected chi connectivity index (χ0v) is 10.2. The molecule has 15 heavy (non-hydrogen) atoms. The van der Waals surface area contributed by atoms with Gasteiger partial charge in [0.15, 0.2) is 0 Å². The molecule has 2 heteroatoms. The fourth-order valence-electron chi connectivity index (χ4n) is 1.60. The van der Waals surface area contributed by atoms with Gasteiger partial charge in [0.1, 0.15) is 0 Å². The van der Waals surface area contributed by atoms with Crippen molar-refractivity contribution in [2.24, 2.45) is 11.8 Å². The minimum Gasteiger partial charge on any atom is -0.308 e. The average molecular weight is 206 g/mol. The van der Waals surface area contributed by atoms with Crippen molar-refractivity contribution in [2.45, 2.75) is 33.7 Å². The first-order chi connectivity index (χ1) is 7.11. The molecule has 0 fully saturated rings. The Balaban J connectivity index is 2.66. The number of aromatic nitrogens is 1. The van der Waals surface area contributed by atoms with Crippen LogP contribution in [0.2, 0.25) is 0 Å². The van der Waals surface area contributed by atoms with Crippen molar-refractivity contribution in [2.75, 3.05) is 6.54 Å². The van der Waals surface area contributed by atoms with Crippen molar-refractivity contribution in [3.05, 3.63) is 30.1 Å². The maximum atomic E-state index is 4.42. The lowest BCUT2D eigenvalue weighted by Crippen LogP contribution is -2.29. The largest absolute Gasteiger partial charge is 0.308 e. The Hall–Kier alpha value is -0.890. The molecule has 0 saturated carbocycles. The first-order valence-electron chi connectivity index (χ1n) is 5.75. The summed E-state index contributed by atoms with van der Waals surface area (Å²) in [6.07, 6.45) is 1.86. The number of nitrogens with zero attached hydrogens (tertiary/aromatic N) is 1. The summed E-state index contributed by atoms with van der Waals surface area (Å²) in [5, 5.41) is 3.57. The summed E-state index contributed by atoms with van der Waals surface area (Å²) in [4.78, 5) is 4.42. The lowest BCUT2D eigenvalue weighted by Gasteiger charge is -2.23. The van der Waals surface area contributed by atoms with E-state index in [4.69, 9.17) is 0 Å². The molecule has 1 aromatic heterocycles. The van der Waals surface area contributed by atoms with Crippen molar-refractivity contribution in [1.82, 2.24) is 10.3 Å². The first-order valence-corrected chi connectivity index (χ1v) is 5.75. The summed E-state index contributed by atoms with van der Waals surface area (Å²) in [6.45, 7) is 9.95. The predicted octanol–water partition coefficient (Wildman–Crippen LogP) is 3.02. The molecule has 0 spiro atoms. The first kappa shape index (κ1) is 12.2. The number of pyridine rings is 1. The molecule has 0 aliphatic carbocycles. The molecule has 2 nitrogen and oxygen atoms in total. The standard InChI is InChI=1S/C13H22N2/c1-10(2)9-15-13(11(3)4)12-7-5-6-8-14-12/h5-8,10-11,13,15H,9H2,1-4H3. The van der Waals surface area contributed by atoms with Gasteiger partial charge in [-0.1, -0.05) is 33.8 Å². The molecule has 1 aromatic rings. The monoisotopic (exact) mass is 206 g/mol. The highest BCUT2D eigenvalue weighted by molar-refractivity contribution is 5.09. The highest BCUT2D eigenvalue weighted by atomic mass is 14.9. The SMILES string of the molecule is CC(C)CNC(c1ccccn1)C(C)C. The van der Waals surface area contributed by atoms with E-state index in [2.05, 4.69) is 50.1 Å². The lowest BCUT2D eigenvalue weighted by molar-refractivity contribution is 0.380. The molecule has 1 rings (SSSR count). The Morgan fingerprint density at radius 1 is 1.20 bits per heavy atom. The van der Waals surface area contributed by atoms with E-state index in [1.165, 1.54) is 0 Å². The van der Waals surface area contributed by atoms with E-state index in [0.717, 1.165) is 12.2 Å². The molecule has 0 amide bonds. The van der Waals surface area contributed by atoms with Gasteiger partial charge in [-0.25, -0.2) is 0 Å². The molecule has 84 valence electrons. The quantitative estimate of drug-likeness (QED) is 0.801. The summed E-state index contributed by atoms with van der Waals surface area (Å²) in [7, 11) is 0. The van der Waals surface area contributed by atoms with Crippen LogP contribution in [0.4, 0.5) is 0 Å². The third-order valence-electron chi connectivity index (χ3n) is 2.42. The summed E-state index contributed by atoms with van der Waals surface area (Å²) in [5.41, 5.74) is 1.15. The van der Waals surface area contributed by atoms with Gasteiger partial charge in [-0.2, -0.15) is 0 Å². The van der Waals surface area contributed by atoms with Crippen molar-refractivity contribution in [3.63, 3.8) is 0 Å². The van der Waals surface area contributed by atoms with Crippen LogP contribution in [0.3, 0.4) is 0 Å². The van der Waals surface area contributed by atoms with Gasteiger partial charge in [0, 0.05) is 6.20 Å². The zero-order chi connectivity index (χ0) is 11.3. The number of hydrogen-bond acceptors (Lipinski definition) is 2. The molecule has 1 atom stereocenters. The Morgan fingerprint density at radius 3 is 2.40 bits per heavy atom. The molecule has 0 aliphatic heterocycles. The highest BCUT2D eigenvalue weighted by Gasteiger charge is 2.16. The van der Waals surface area contributed by atoms with E-state index < -0.39 is 0 Å². The van der Waals surface area contributed by atoms with Crippen molar-refractivity contribution < 1.29 is 0 Å². The van der Waals surface area contributed by atoms with Crippen LogP contribution in [0.1, 0.15) is 39.4 Å². The van der Waals surface area contributed by atoms with Gasteiger partial charge < -0.3 is 5.32 Å². The number of rotatable bonds is 5. The van der Waals surface area contributed by atoms with E-state index >= 15 is 0 Å². The van der Waals surface area contributed by atoms with Gasteiger partial charge in [0.25, 0.3) is 0 Å². The third kappa shape index (κ3) is 4.00. The molecule has 1 heterocycles. The minimum absolute atomic E-state index is 0.369. The van der Waals surface area contributed by atoms with Crippen LogP contribution >= 0.6 is 0 Å². The highest BCUT2D eigenvalue weighted by Crippen LogP contribution is 2.19. The van der Waals surface area contributed by atoms with E-state index in [0.29, 0.717) is 17.9 Å². The van der Waals surface area contributed by atoms with Gasteiger partial charge in [-0.15, -0.1) is 0 Å². The summed E-state index contributed by atoms with van der Waals surface area (Å²) < 4.78 is 0. The summed E-state index contributed by atoms with van der Waals surface area (Å²) in [6, 6.07) is 6.48. The molecule has 0 aliphatic rings. The summed E-state index contributed by atoms with van der Waals surface area (Å²) in [5.74, 6) is 1.24. The second-order valence-electron chi connectivity index (χ2n) is 4.78. The van der Waals surface area contributed by atoms with Gasteiger partial charge >= 0.3 is 0 Å². The molecule has 0 bridgehead atoms. The number of nitrogens with one attached hydrogen (secondary N) is 1. The van der Waals surface area contributed by atoms with Gasteiger partial charge in [-0.3, -0.25) is 4.98 Å². The van der Waals surface area contributed by atoms with E-state index in [9.17, 15) is 0 Å². The van der Waals surface area contributed by atoms with Crippen LogP contribution in [-0.2, 0) is 0 Å². The van der Waals surface area contributed by atoms with Crippen molar-refractivity contribution >= 4 is 0 Å². The molecule has 0 radical (unpaired) electrons. The van der Waals surface area contributed by atoms with Gasteiger partial charge in [-0.05, 0) is 30.5 Å². The van der Waals surface area contributed by atoms with Crippen LogP contribution in [0, 0.1) is 11.8 Å². The van der Waals surface area contributed by atoms with Gasteiger partial charge in [0.05, 0.1) is 11.7 Å². The maximum Gasteiger partial charge on any atom is 0.0575 e. The minimum atomic E-state index is 0.369. The van der Waals surface area contributed by atoms with Gasteiger partial charge in [0.2, 0.25) is 0 Å². The Kier molecular flexibility index (Phi) is 4.76. The third-order valence-corrected chi connectivity index (χ3v) is 2.42.